The first-order valence-electron chi connectivity index (χ1n) is 13.1. The molecule has 7 nitrogen and oxygen atoms in total. The molecule has 0 aromatic heterocycles. The molecule has 0 spiro atoms. The van der Waals surface area contributed by atoms with Crippen molar-refractivity contribution in [1.29, 1.82) is 0 Å². The standard InChI is InChI=1S/C30H28F2O7/c31-23-5-2-19(37-18-9-11-35-12-10-18)15-28(23)39-25-8-6-24(32)30-22(25)4-7-26(30)38-20-1-3-21-17(13-29(33)34)16-36-27(21)14-20/h1-3,5-6,8,14-15,17-18,26H,4,7,9-13,16H2,(H,33,34)/t17?,26-/m1/s1. The molecule has 2 atom stereocenters. The third-order valence-corrected chi connectivity index (χ3v) is 7.40. The van der Waals surface area contributed by atoms with Crippen LogP contribution in [0.4, 0.5) is 8.78 Å². The highest BCUT2D eigenvalue weighted by molar-refractivity contribution is 5.68. The summed E-state index contributed by atoms with van der Waals surface area (Å²) in [6, 6.07) is 12.5. The van der Waals surface area contributed by atoms with Crippen LogP contribution in [0.1, 0.15) is 54.4 Å². The summed E-state index contributed by atoms with van der Waals surface area (Å²) in [6.45, 7) is 1.55. The number of carbonyl (C=O) groups is 1. The second-order valence-corrected chi connectivity index (χ2v) is 10.0. The van der Waals surface area contributed by atoms with E-state index in [0.29, 0.717) is 66.8 Å². The minimum absolute atomic E-state index is 0.00212. The van der Waals surface area contributed by atoms with Gasteiger partial charge < -0.3 is 28.8 Å². The van der Waals surface area contributed by atoms with Crippen LogP contribution in [0.15, 0.2) is 48.5 Å². The van der Waals surface area contributed by atoms with E-state index in [2.05, 4.69) is 0 Å². The van der Waals surface area contributed by atoms with Crippen molar-refractivity contribution in [2.75, 3.05) is 19.8 Å². The quantitative estimate of drug-likeness (QED) is 0.359. The van der Waals surface area contributed by atoms with Gasteiger partial charge in [-0.25, -0.2) is 8.78 Å². The van der Waals surface area contributed by atoms with Gasteiger partial charge in [0, 0.05) is 47.6 Å². The molecule has 204 valence electrons. The van der Waals surface area contributed by atoms with Gasteiger partial charge in [0.05, 0.1) is 26.2 Å². The number of carboxylic acid groups (broad SMARTS) is 1. The first kappa shape index (κ1) is 25.4. The molecular weight excluding hydrogens is 510 g/mol. The second kappa shape index (κ2) is 10.7. The Morgan fingerprint density at radius 1 is 0.923 bits per heavy atom. The Bertz CT molecular complexity index is 1390. The number of fused-ring (bicyclic) bond motifs is 2. The van der Waals surface area contributed by atoms with E-state index in [-0.39, 0.29) is 24.2 Å². The van der Waals surface area contributed by atoms with E-state index in [0.717, 1.165) is 18.4 Å². The fourth-order valence-electron chi connectivity index (χ4n) is 5.47. The van der Waals surface area contributed by atoms with Crippen LogP contribution in [-0.2, 0) is 16.0 Å². The fraction of sp³-hybridized carbons (Fsp3) is 0.367. The highest BCUT2D eigenvalue weighted by Crippen LogP contribution is 2.45. The predicted octanol–water partition coefficient (Wildman–Crippen LogP) is 6.33. The van der Waals surface area contributed by atoms with Crippen molar-refractivity contribution in [1.82, 2.24) is 0 Å². The van der Waals surface area contributed by atoms with Crippen LogP contribution < -0.4 is 18.9 Å². The molecule has 9 heteroatoms. The summed E-state index contributed by atoms with van der Waals surface area (Å²) in [5.41, 5.74) is 1.84. The lowest BCUT2D eigenvalue weighted by Gasteiger charge is -2.23. The zero-order chi connectivity index (χ0) is 26.9. The Morgan fingerprint density at radius 2 is 1.69 bits per heavy atom. The number of hydrogen-bond acceptors (Lipinski definition) is 6. The third kappa shape index (κ3) is 5.36. The summed E-state index contributed by atoms with van der Waals surface area (Å²) in [4.78, 5) is 11.1. The van der Waals surface area contributed by atoms with E-state index < -0.39 is 23.7 Å². The number of aliphatic carboxylic acids is 1. The van der Waals surface area contributed by atoms with E-state index in [1.54, 1.807) is 24.3 Å². The normalized spacial score (nSPS) is 20.2. The molecule has 3 aromatic carbocycles. The van der Waals surface area contributed by atoms with Crippen LogP contribution in [0.2, 0.25) is 0 Å². The van der Waals surface area contributed by atoms with Gasteiger partial charge >= 0.3 is 5.97 Å². The average Bonchev–Trinajstić information content (AvgIpc) is 3.52. The van der Waals surface area contributed by atoms with Gasteiger partial charge in [0.1, 0.15) is 41.0 Å². The van der Waals surface area contributed by atoms with Gasteiger partial charge in [-0.05, 0) is 43.2 Å². The number of halogens is 2. The molecule has 39 heavy (non-hydrogen) atoms. The molecule has 3 aliphatic rings. The predicted molar refractivity (Wildman–Crippen MR) is 136 cm³/mol. The van der Waals surface area contributed by atoms with E-state index in [1.165, 1.54) is 24.3 Å². The van der Waals surface area contributed by atoms with Crippen molar-refractivity contribution in [2.24, 2.45) is 0 Å². The SMILES string of the molecule is O=C(O)CC1COc2cc(O[C@@H]3CCc4c(Oc5cc(OC6CCOCC6)ccc5F)ccc(F)c43)ccc21. The average molecular weight is 539 g/mol. The van der Waals surface area contributed by atoms with Gasteiger partial charge in [0.25, 0.3) is 0 Å². The molecule has 2 heterocycles. The molecular formula is C30H28F2O7. The van der Waals surface area contributed by atoms with Gasteiger partial charge in [-0.1, -0.05) is 6.07 Å². The summed E-state index contributed by atoms with van der Waals surface area (Å²) in [5.74, 6) is -0.109. The maximum Gasteiger partial charge on any atom is 0.304 e. The Kier molecular flexibility index (Phi) is 6.99. The summed E-state index contributed by atoms with van der Waals surface area (Å²) in [7, 11) is 0. The lowest BCUT2D eigenvalue weighted by Crippen LogP contribution is -2.25. The van der Waals surface area contributed by atoms with Crippen LogP contribution in [0, 0.1) is 11.6 Å². The molecule has 0 radical (unpaired) electrons. The van der Waals surface area contributed by atoms with Crippen molar-refractivity contribution in [2.45, 2.75) is 50.2 Å². The van der Waals surface area contributed by atoms with Crippen molar-refractivity contribution in [3.63, 3.8) is 0 Å². The van der Waals surface area contributed by atoms with Crippen LogP contribution >= 0.6 is 0 Å². The molecule has 1 saturated heterocycles. The van der Waals surface area contributed by atoms with Crippen molar-refractivity contribution in [3.8, 4) is 28.7 Å². The number of rotatable bonds is 8. The molecule has 1 N–H and O–H groups in total. The molecule has 0 amide bonds. The number of hydrogen-bond donors (Lipinski definition) is 1. The second-order valence-electron chi connectivity index (χ2n) is 10.0. The van der Waals surface area contributed by atoms with Gasteiger partial charge in [-0.3, -0.25) is 4.79 Å². The highest BCUT2D eigenvalue weighted by atomic mass is 19.1. The van der Waals surface area contributed by atoms with Crippen molar-refractivity contribution < 1.29 is 42.4 Å². The smallest absolute Gasteiger partial charge is 0.304 e. The molecule has 1 fully saturated rings. The topological polar surface area (TPSA) is 83.5 Å². The largest absolute Gasteiger partial charge is 0.492 e. The molecule has 0 saturated carbocycles. The molecule has 3 aromatic rings. The molecule has 1 aliphatic carbocycles. The first-order valence-corrected chi connectivity index (χ1v) is 13.1. The summed E-state index contributed by atoms with van der Waals surface area (Å²) < 4.78 is 58.9. The minimum atomic E-state index is -0.883. The Labute approximate surface area is 224 Å². The Balaban J connectivity index is 1.20. The lowest BCUT2D eigenvalue weighted by atomic mass is 9.98. The molecule has 1 unspecified atom stereocenters. The Hall–Kier alpha value is -3.85. The van der Waals surface area contributed by atoms with E-state index in [9.17, 15) is 9.18 Å². The summed E-state index contributed by atoms with van der Waals surface area (Å²) >= 11 is 0. The fourth-order valence-corrected chi connectivity index (χ4v) is 5.47. The molecule has 2 aliphatic heterocycles. The van der Waals surface area contributed by atoms with Crippen LogP contribution in [0.25, 0.3) is 0 Å². The maximum atomic E-state index is 15.0. The summed E-state index contributed by atoms with van der Waals surface area (Å²) in [6.07, 6.45) is 1.96. The van der Waals surface area contributed by atoms with Crippen LogP contribution in [0.5, 0.6) is 28.7 Å². The number of carboxylic acids is 1. The zero-order valence-electron chi connectivity index (χ0n) is 21.2. The van der Waals surface area contributed by atoms with Crippen LogP contribution in [-0.4, -0.2) is 37.0 Å². The molecule has 0 bridgehead atoms. The van der Waals surface area contributed by atoms with Gasteiger partial charge in [-0.15, -0.1) is 0 Å². The van der Waals surface area contributed by atoms with Crippen LogP contribution in [0.3, 0.4) is 0 Å². The Morgan fingerprint density at radius 3 is 2.51 bits per heavy atom. The van der Waals surface area contributed by atoms with Gasteiger partial charge in [0.15, 0.2) is 11.6 Å². The first-order chi connectivity index (χ1) is 18.9. The van der Waals surface area contributed by atoms with Crippen molar-refractivity contribution >= 4 is 5.97 Å². The van der Waals surface area contributed by atoms with E-state index >= 15 is 4.39 Å². The zero-order valence-corrected chi connectivity index (χ0v) is 21.2. The van der Waals surface area contributed by atoms with Gasteiger partial charge in [0.2, 0.25) is 0 Å². The van der Waals surface area contributed by atoms with Gasteiger partial charge in [-0.2, -0.15) is 0 Å². The minimum Gasteiger partial charge on any atom is -0.492 e. The van der Waals surface area contributed by atoms with Crippen molar-refractivity contribution in [3.05, 3.63) is 76.9 Å². The van der Waals surface area contributed by atoms with E-state index in [4.69, 9.17) is 28.8 Å². The highest BCUT2D eigenvalue weighted by Gasteiger charge is 2.32. The summed E-state index contributed by atoms with van der Waals surface area (Å²) in [5, 5.41) is 9.12. The molecule has 6 rings (SSSR count). The number of benzene rings is 3. The van der Waals surface area contributed by atoms with E-state index in [1.807, 2.05) is 0 Å². The lowest BCUT2D eigenvalue weighted by molar-refractivity contribution is -0.137. The maximum absolute atomic E-state index is 15.0. The number of ether oxygens (including phenoxy) is 5. The monoisotopic (exact) mass is 538 g/mol. The third-order valence-electron chi connectivity index (χ3n) is 7.40.